The van der Waals surface area contributed by atoms with Gasteiger partial charge in [0.05, 0.1) is 16.6 Å². The summed E-state index contributed by atoms with van der Waals surface area (Å²) in [6, 6.07) is 87.7. The summed E-state index contributed by atoms with van der Waals surface area (Å²) in [7, 11) is 0. The van der Waals surface area contributed by atoms with Crippen LogP contribution in [0.2, 0.25) is 0 Å². The monoisotopic (exact) mass is 828 g/mol. The predicted molar refractivity (Wildman–Crippen MR) is 269 cm³/mol. The SMILES string of the molecule is c1ccc(-c2cccc(N(c3ccc(-c4nc5ccccc5c5c4ccc4c6ccccc6oc45)cc3)c3ccc4c(c3)C(c3ccccc3)(c3ccccc3)c3ccccc3-4)c2)cc1. The lowest BCUT2D eigenvalue weighted by Crippen LogP contribution is -2.28. The number of fused-ring (bicyclic) bond motifs is 10. The fourth-order valence-corrected chi connectivity index (χ4v) is 10.7. The molecular weight excluding hydrogens is 789 g/mol. The molecule has 304 valence electrons. The lowest BCUT2D eigenvalue weighted by molar-refractivity contribution is 0.673. The second kappa shape index (κ2) is 14.8. The summed E-state index contributed by atoms with van der Waals surface area (Å²) in [5, 5.41) is 5.46. The van der Waals surface area contributed by atoms with Crippen molar-refractivity contribution < 1.29 is 4.42 Å². The first-order chi connectivity index (χ1) is 32.2. The third-order valence-electron chi connectivity index (χ3n) is 13.5. The Labute approximate surface area is 377 Å². The molecule has 2 aromatic heterocycles. The summed E-state index contributed by atoms with van der Waals surface area (Å²) in [5.41, 5.74) is 17.2. The van der Waals surface area contributed by atoms with Crippen LogP contribution < -0.4 is 4.90 Å². The van der Waals surface area contributed by atoms with Crippen LogP contribution in [-0.4, -0.2) is 4.98 Å². The van der Waals surface area contributed by atoms with E-state index in [1.807, 2.05) is 6.07 Å². The molecule has 0 bridgehead atoms. The van der Waals surface area contributed by atoms with Crippen molar-refractivity contribution in [1.29, 1.82) is 0 Å². The van der Waals surface area contributed by atoms with E-state index in [1.54, 1.807) is 0 Å². The molecule has 0 radical (unpaired) electrons. The van der Waals surface area contributed by atoms with Gasteiger partial charge in [0.2, 0.25) is 0 Å². The van der Waals surface area contributed by atoms with Gasteiger partial charge in [0.25, 0.3) is 0 Å². The van der Waals surface area contributed by atoms with Crippen LogP contribution in [0.5, 0.6) is 0 Å². The molecule has 10 aromatic carbocycles. The number of nitrogens with zero attached hydrogens (tertiary/aromatic N) is 2. The van der Waals surface area contributed by atoms with Gasteiger partial charge in [-0.1, -0.05) is 188 Å². The number of hydrogen-bond acceptors (Lipinski definition) is 3. The van der Waals surface area contributed by atoms with E-state index < -0.39 is 5.41 Å². The molecule has 0 saturated heterocycles. The van der Waals surface area contributed by atoms with Crippen molar-refractivity contribution in [2.45, 2.75) is 5.41 Å². The maximum absolute atomic E-state index is 6.64. The first kappa shape index (κ1) is 37.1. The van der Waals surface area contributed by atoms with Gasteiger partial charge in [-0.2, -0.15) is 0 Å². The van der Waals surface area contributed by atoms with Crippen LogP contribution in [0.15, 0.2) is 247 Å². The van der Waals surface area contributed by atoms with Crippen molar-refractivity contribution in [1.82, 2.24) is 4.98 Å². The van der Waals surface area contributed by atoms with E-state index in [-0.39, 0.29) is 0 Å². The average molecular weight is 829 g/mol. The van der Waals surface area contributed by atoms with Crippen LogP contribution in [0.1, 0.15) is 22.3 Å². The summed E-state index contributed by atoms with van der Waals surface area (Å²) in [6.07, 6.45) is 0. The third kappa shape index (κ3) is 5.72. The van der Waals surface area contributed by atoms with Crippen molar-refractivity contribution in [3.05, 3.63) is 265 Å². The number of para-hydroxylation sites is 2. The Balaban J connectivity index is 1.02. The van der Waals surface area contributed by atoms with Crippen molar-refractivity contribution >= 4 is 60.7 Å². The van der Waals surface area contributed by atoms with Gasteiger partial charge in [-0.15, -0.1) is 0 Å². The van der Waals surface area contributed by atoms with E-state index in [0.29, 0.717) is 0 Å². The summed E-state index contributed by atoms with van der Waals surface area (Å²) >= 11 is 0. The lowest BCUT2D eigenvalue weighted by Gasteiger charge is -2.35. The van der Waals surface area contributed by atoms with Crippen molar-refractivity contribution in [2.75, 3.05) is 4.90 Å². The van der Waals surface area contributed by atoms with E-state index in [4.69, 9.17) is 9.40 Å². The van der Waals surface area contributed by atoms with Crippen LogP contribution in [-0.2, 0) is 5.41 Å². The standard InChI is InChI=1S/C62H40N2O/c1-4-17-41(18-5-1)43-19-16-24-47(39-43)64(48-35-36-50-49-25-10-13-28-55(49)62(56(50)40-48,44-20-6-2-7-21-44)45-22-8-3-9-23-45)46-33-31-42(32-34-46)60-54-38-37-52-51-26-12-15-30-58(51)65-61(52)59(54)53-27-11-14-29-57(53)63-60/h1-40H. The van der Waals surface area contributed by atoms with Crippen LogP contribution in [0.4, 0.5) is 17.1 Å². The Bertz CT molecular complexity index is 3720. The molecule has 0 unspecified atom stereocenters. The zero-order valence-corrected chi connectivity index (χ0v) is 35.4. The molecule has 0 saturated carbocycles. The number of pyridine rings is 1. The second-order valence-corrected chi connectivity index (χ2v) is 17.0. The van der Waals surface area contributed by atoms with Gasteiger partial charge in [0.15, 0.2) is 0 Å². The van der Waals surface area contributed by atoms with Crippen LogP contribution in [0, 0.1) is 0 Å². The van der Waals surface area contributed by atoms with Crippen LogP contribution in [0.25, 0.3) is 77.1 Å². The highest BCUT2D eigenvalue weighted by Gasteiger charge is 2.46. The van der Waals surface area contributed by atoms with E-state index in [2.05, 4.69) is 241 Å². The van der Waals surface area contributed by atoms with Gasteiger partial charge < -0.3 is 9.32 Å². The zero-order valence-electron chi connectivity index (χ0n) is 35.4. The molecule has 0 fully saturated rings. The van der Waals surface area contributed by atoms with Gasteiger partial charge in [-0.25, -0.2) is 4.98 Å². The Morgan fingerprint density at radius 2 is 0.969 bits per heavy atom. The fraction of sp³-hybridized carbons (Fsp3) is 0.0161. The van der Waals surface area contributed by atoms with Crippen molar-refractivity contribution in [2.24, 2.45) is 0 Å². The van der Waals surface area contributed by atoms with Crippen LogP contribution >= 0.6 is 0 Å². The molecule has 2 heterocycles. The van der Waals surface area contributed by atoms with Gasteiger partial charge in [0, 0.05) is 49.6 Å². The number of hydrogen-bond donors (Lipinski definition) is 0. The molecule has 13 rings (SSSR count). The third-order valence-corrected chi connectivity index (χ3v) is 13.5. The molecule has 1 aliphatic rings. The summed E-state index contributed by atoms with van der Waals surface area (Å²) in [6.45, 7) is 0. The number of anilines is 3. The Morgan fingerprint density at radius 3 is 1.75 bits per heavy atom. The second-order valence-electron chi connectivity index (χ2n) is 17.0. The molecule has 0 aliphatic heterocycles. The maximum Gasteiger partial charge on any atom is 0.144 e. The molecule has 3 nitrogen and oxygen atoms in total. The van der Waals surface area contributed by atoms with Gasteiger partial charge in [-0.3, -0.25) is 0 Å². The molecular formula is C62H40N2O. The molecule has 65 heavy (non-hydrogen) atoms. The highest BCUT2D eigenvalue weighted by molar-refractivity contribution is 6.24. The molecule has 0 spiro atoms. The Morgan fingerprint density at radius 1 is 0.369 bits per heavy atom. The first-order valence-electron chi connectivity index (χ1n) is 22.3. The van der Waals surface area contributed by atoms with Crippen molar-refractivity contribution in [3.8, 4) is 33.5 Å². The number of benzene rings is 10. The summed E-state index contributed by atoms with van der Waals surface area (Å²) in [4.78, 5) is 7.75. The smallest absolute Gasteiger partial charge is 0.144 e. The number of aromatic nitrogens is 1. The molecule has 1 aliphatic carbocycles. The Kier molecular flexibility index (Phi) is 8.44. The summed E-state index contributed by atoms with van der Waals surface area (Å²) < 4.78 is 6.64. The highest BCUT2D eigenvalue weighted by atomic mass is 16.3. The maximum atomic E-state index is 6.64. The van der Waals surface area contributed by atoms with E-state index >= 15 is 0 Å². The van der Waals surface area contributed by atoms with Gasteiger partial charge in [0.1, 0.15) is 11.2 Å². The molecule has 0 atom stereocenters. The molecule has 0 amide bonds. The van der Waals surface area contributed by atoms with Crippen molar-refractivity contribution in [3.63, 3.8) is 0 Å². The van der Waals surface area contributed by atoms with E-state index in [9.17, 15) is 0 Å². The zero-order chi connectivity index (χ0) is 42.9. The molecule has 0 N–H and O–H groups in total. The predicted octanol–water partition coefficient (Wildman–Crippen LogP) is 16.5. The number of rotatable bonds is 7. The quantitative estimate of drug-likeness (QED) is 0.150. The lowest BCUT2D eigenvalue weighted by atomic mass is 9.67. The van der Waals surface area contributed by atoms with Gasteiger partial charge >= 0.3 is 0 Å². The Hall–Kier alpha value is -8.53. The first-order valence-corrected chi connectivity index (χ1v) is 22.3. The normalized spacial score (nSPS) is 12.7. The fourth-order valence-electron chi connectivity index (χ4n) is 10.7. The van der Waals surface area contributed by atoms with Gasteiger partial charge in [-0.05, 0) is 99.1 Å². The highest BCUT2D eigenvalue weighted by Crippen LogP contribution is 2.57. The minimum Gasteiger partial charge on any atom is -0.455 e. The van der Waals surface area contributed by atoms with E-state index in [0.717, 1.165) is 77.5 Å². The minimum atomic E-state index is -0.528. The topological polar surface area (TPSA) is 29.3 Å². The molecule has 3 heteroatoms. The molecule has 12 aromatic rings. The largest absolute Gasteiger partial charge is 0.455 e. The minimum absolute atomic E-state index is 0.528. The van der Waals surface area contributed by atoms with E-state index in [1.165, 1.54) is 38.9 Å². The average Bonchev–Trinajstić information content (AvgIpc) is 3.91. The number of furan rings is 1. The summed E-state index contributed by atoms with van der Waals surface area (Å²) in [5.74, 6) is 0. The van der Waals surface area contributed by atoms with Crippen LogP contribution in [0.3, 0.4) is 0 Å².